The van der Waals surface area contributed by atoms with Gasteiger partial charge in [0.2, 0.25) is 6.34 Å². The van der Waals surface area contributed by atoms with Crippen molar-refractivity contribution in [1.82, 2.24) is 15.7 Å². The number of rotatable bonds is 3. The molecule has 0 fully saturated rings. The molecular formula is C11H14ClF3N5O+. The molecule has 0 aliphatic heterocycles. The SMILES string of the molecule is CN(NC(=O)NC=[N+](C)C)c1ncc(C(F)(F)F)cc1Cl. The summed E-state index contributed by atoms with van der Waals surface area (Å²) < 4.78 is 39.1. The highest BCUT2D eigenvalue weighted by molar-refractivity contribution is 6.33. The van der Waals surface area contributed by atoms with E-state index in [4.69, 9.17) is 11.6 Å². The van der Waals surface area contributed by atoms with Gasteiger partial charge in [-0.05, 0) is 6.07 Å². The minimum absolute atomic E-state index is 0.00957. The van der Waals surface area contributed by atoms with Gasteiger partial charge < -0.3 is 0 Å². The van der Waals surface area contributed by atoms with Crippen LogP contribution in [-0.4, -0.2) is 43.1 Å². The van der Waals surface area contributed by atoms with E-state index in [1.54, 1.807) is 18.7 Å². The summed E-state index contributed by atoms with van der Waals surface area (Å²) in [5.74, 6) is -0.00957. The predicted octanol–water partition coefficient (Wildman–Crippen LogP) is 1.70. The topological polar surface area (TPSA) is 60.3 Å². The zero-order chi connectivity index (χ0) is 16.2. The number of anilines is 1. The van der Waals surface area contributed by atoms with Crippen LogP contribution in [0.2, 0.25) is 5.02 Å². The maximum Gasteiger partial charge on any atom is 0.424 e. The Balaban J connectivity index is 2.82. The molecule has 2 amide bonds. The van der Waals surface area contributed by atoms with Crippen molar-refractivity contribution in [1.29, 1.82) is 0 Å². The quantitative estimate of drug-likeness (QED) is 0.385. The lowest BCUT2D eigenvalue weighted by atomic mass is 10.3. The fraction of sp³-hybridized carbons (Fsp3) is 0.364. The van der Waals surface area contributed by atoms with Crippen LogP contribution in [0.5, 0.6) is 0 Å². The molecule has 1 rings (SSSR count). The second-order valence-corrected chi connectivity index (χ2v) is 4.67. The molecule has 0 unspecified atom stereocenters. The van der Waals surface area contributed by atoms with Crippen LogP contribution in [0.1, 0.15) is 5.56 Å². The molecule has 2 N–H and O–H groups in total. The molecule has 0 bridgehead atoms. The Labute approximate surface area is 124 Å². The third kappa shape index (κ3) is 5.10. The first kappa shape index (κ1) is 17.0. The zero-order valence-corrected chi connectivity index (χ0v) is 12.2. The fourth-order valence-corrected chi connectivity index (χ4v) is 1.55. The van der Waals surface area contributed by atoms with Gasteiger partial charge in [0.25, 0.3) is 0 Å². The number of aromatic nitrogens is 1. The van der Waals surface area contributed by atoms with Crippen molar-refractivity contribution in [3.8, 4) is 0 Å². The Kier molecular flexibility index (Phi) is 5.36. The summed E-state index contributed by atoms with van der Waals surface area (Å²) in [7, 11) is 4.81. The summed E-state index contributed by atoms with van der Waals surface area (Å²) in [5, 5.41) is 3.28. The largest absolute Gasteiger partial charge is 0.424 e. The molecule has 0 spiro atoms. The van der Waals surface area contributed by atoms with Gasteiger partial charge >= 0.3 is 12.2 Å². The molecule has 0 saturated carbocycles. The van der Waals surface area contributed by atoms with E-state index in [1.807, 2.05) is 0 Å². The number of nitrogens with zero attached hydrogens (tertiary/aromatic N) is 3. The van der Waals surface area contributed by atoms with Crippen LogP contribution in [0.3, 0.4) is 0 Å². The minimum atomic E-state index is -4.53. The van der Waals surface area contributed by atoms with Gasteiger partial charge in [-0.25, -0.2) is 15.2 Å². The van der Waals surface area contributed by atoms with Crippen LogP contribution in [0.4, 0.5) is 23.8 Å². The highest BCUT2D eigenvalue weighted by Gasteiger charge is 2.32. The monoisotopic (exact) mass is 324 g/mol. The number of hydrogen-bond acceptors (Lipinski definition) is 3. The summed E-state index contributed by atoms with van der Waals surface area (Å²) in [5.41, 5.74) is 1.38. The van der Waals surface area contributed by atoms with Gasteiger partial charge in [-0.15, -0.1) is 0 Å². The average molecular weight is 325 g/mol. The van der Waals surface area contributed by atoms with Crippen molar-refractivity contribution < 1.29 is 22.5 Å². The molecule has 0 atom stereocenters. The maximum absolute atomic E-state index is 12.5. The van der Waals surface area contributed by atoms with Crippen LogP contribution in [0.25, 0.3) is 0 Å². The number of amides is 2. The molecule has 0 aliphatic rings. The smallest absolute Gasteiger partial charge is 0.273 e. The lowest BCUT2D eigenvalue weighted by Crippen LogP contribution is -2.46. The number of alkyl halides is 3. The number of urea groups is 1. The van der Waals surface area contributed by atoms with Crippen LogP contribution in [0.15, 0.2) is 12.3 Å². The molecule has 1 aromatic rings. The molecule has 116 valence electrons. The number of hydrogen-bond donors (Lipinski definition) is 2. The first-order valence-corrected chi connectivity index (χ1v) is 6.02. The number of halogens is 4. The maximum atomic E-state index is 12.5. The van der Waals surface area contributed by atoms with Gasteiger partial charge in [-0.2, -0.15) is 18.5 Å². The fourth-order valence-electron chi connectivity index (χ4n) is 1.26. The number of pyridine rings is 1. The molecule has 0 radical (unpaired) electrons. The second-order valence-electron chi connectivity index (χ2n) is 4.26. The van der Waals surface area contributed by atoms with Gasteiger partial charge in [0, 0.05) is 13.2 Å². The average Bonchev–Trinajstić information content (AvgIpc) is 2.34. The highest BCUT2D eigenvalue weighted by Crippen LogP contribution is 2.32. The van der Waals surface area contributed by atoms with Crippen LogP contribution >= 0.6 is 11.6 Å². The third-order valence-corrected chi connectivity index (χ3v) is 2.47. The Morgan fingerprint density at radius 2 is 2.10 bits per heavy atom. The van der Waals surface area contributed by atoms with Crippen LogP contribution in [-0.2, 0) is 6.18 Å². The molecule has 0 aliphatic carbocycles. The van der Waals surface area contributed by atoms with Gasteiger partial charge in [0.15, 0.2) is 5.82 Å². The highest BCUT2D eigenvalue weighted by atomic mass is 35.5. The van der Waals surface area contributed by atoms with E-state index in [9.17, 15) is 18.0 Å². The standard InChI is InChI=1S/C11H13ClF3N5O/c1-19(2)6-17-10(21)18-20(3)9-8(12)4-7(5-16-9)11(13,14)15/h4-6H,1-3H3,(H,18,21)/p+1. The Bertz CT molecular complexity index is 557. The zero-order valence-electron chi connectivity index (χ0n) is 11.5. The van der Waals surface area contributed by atoms with Gasteiger partial charge in [-0.3, -0.25) is 9.58 Å². The molecule has 0 saturated heterocycles. The molecule has 1 heterocycles. The Morgan fingerprint density at radius 3 is 2.57 bits per heavy atom. The molecule has 0 aromatic carbocycles. The predicted molar refractivity (Wildman–Crippen MR) is 72.5 cm³/mol. The third-order valence-electron chi connectivity index (χ3n) is 2.19. The van der Waals surface area contributed by atoms with E-state index in [0.717, 1.165) is 11.1 Å². The Hall–Kier alpha value is -2.03. The van der Waals surface area contributed by atoms with E-state index >= 15 is 0 Å². The lowest BCUT2D eigenvalue weighted by molar-refractivity contribution is -0.461. The van der Waals surface area contributed by atoms with Gasteiger partial charge in [-0.1, -0.05) is 11.6 Å². The van der Waals surface area contributed by atoms with Crippen molar-refractivity contribution in [2.24, 2.45) is 0 Å². The number of carbonyl (C=O) groups excluding carboxylic acids is 1. The van der Waals surface area contributed by atoms with Gasteiger partial charge in [0.05, 0.1) is 24.7 Å². The summed E-state index contributed by atoms with van der Waals surface area (Å²) in [6, 6.07) is 0.148. The summed E-state index contributed by atoms with van der Waals surface area (Å²) in [4.78, 5) is 15.1. The van der Waals surface area contributed by atoms with Crippen molar-refractivity contribution in [3.63, 3.8) is 0 Å². The summed E-state index contributed by atoms with van der Waals surface area (Å²) >= 11 is 5.75. The Morgan fingerprint density at radius 1 is 1.48 bits per heavy atom. The van der Waals surface area contributed by atoms with Crippen molar-refractivity contribution >= 4 is 29.8 Å². The van der Waals surface area contributed by atoms with E-state index in [2.05, 4.69) is 15.7 Å². The van der Waals surface area contributed by atoms with Crippen molar-refractivity contribution in [3.05, 3.63) is 22.8 Å². The van der Waals surface area contributed by atoms with Crippen LogP contribution < -0.4 is 15.8 Å². The molecule has 10 heteroatoms. The molecule has 6 nitrogen and oxygen atoms in total. The first-order chi connectivity index (χ1) is 9.61. The lowest BCUT2D eigenvalue weighted by Gasteiger charge is -2.19. The van der Waals surface area contributed by atoms with Crippen molar-refractivity contribution in [2.45, 2.75) is 6.18 Å². The minimum Gasteiger partial charge on any atom is -0.273 e. The number of hydrazine groups is 1. The number of nitrogens with one attached hydrogen (secondary N) is 2. The molecular weight excluding hydrogens is 311 g/mol. The summed E-state index contributed by atoms with van der Waals surface area (Å²) in [6.07, 6.45) is -2.49. The summed E-state index contributed by atoms with van der Waals surface area (Å²) in [6.45, 7) is 0. The van der Waals surface area contributed by atoms with E-state index < -0.39 is 17.8 Å². The second kappa shape index (κ2) is 6.61. The van der Waals surface area contributed by atoms with Crippen LogP contribution in [0, 0.1) is 0 Å². The molecule has 1 aromatic heterocycles. The van der Waals surface area contributed by atoms with E-state index in [1.165, 1.54) is 13.4 Å². The number of carbonyl (C=O) groups is 1. The molecule has 21 heavy (non-hydrogen) atoms. The normalized spacial score (nSPS) is 10.8. The van der Waals surface area contributed by atoms with Gasteiger partial charge in [0.1, 0.15) is 0 Å². The van der Waals surface area contributed by atoms with E-state index in [-0.39, 0.29) is 10.8 Å². The van der Waals surface area contributed by atoms with E-state index in [0.29, 0.717) is 6.20 Å². The first-order valence-electron chi connectivity index (χ1n) is 5.64. The van der Waals surface area contributed by atoms with Crippen molar-refractivity contribution in [2.75, 3.05) is 26.2 Å².